The largest absolute Gasteiger partial charge is 0.507 e. The van der Waals surface area contributed by atoms with Gasteiger partial charge < -0.3 is 20.3 Å². The Bertz CT molecular complexity index is 563. The quantitative estimate of drug-likeness (QED) is 0.772. The third kappa shape index (κ3) is 3.26. The van der Waals surface area contributed by atoms with Crippen LogP contribution in [0.25, 0.3) is 0 Å². The molecule has 0 fully saturated rings. The van der Waals surface area contributed by atoms with Crippen molar-refractivity contribution < 1.29 is 24.5 Å². The summed E-state index contributed by atoms with van der Waals surface area (Å²) in [4.78, 5) is 23.6. The lowest BCUT2D eigenvalue weighted by molar-refractivity contribution is -0.150. The van der Waals surface area contributed by atoms with Crippen molar-refractivity contribution in [3.63, 3.8) is 0 Å². The highest BCUT2D eigenvalue weighted by Gasteiger charge is 2.44. The van der Waals surface area contributed by atoms with Crippen LogP contribution in [0, 0.1) is 5.41 Å². The average Bonchev–Trinajstić information content (AvgIpc) is 2.37. The molecular formula is C15H21NO5. The van der Waals surface area contributed by atoms with Crippen LogP contribution in [0.4, 0.5) is 0 Å². The number of benzene rings is 1. The summed E-state index contributed by atoms with van der Waals surface area (Å²) in [7, 11) is 1.45. The second-order valence-corrected chi connectivity index (χ2v) is 5.89. The molecule has 6 heteroatoms. The van der Waals surface area contributed by atoms with Crippen molar-refractivity contribution >= 4 is 11.9 Å². The van der Waals surface area contributed by atoms with Crippen molar-refractivity contribution in [1.82, 2.24) is 5.32 Å². The molecule has 1 aromatic carbocycles. The van der Waals surface area contributed by atoms with Crippen LogP contribution in [0.5, 0.6) is 11.5 Å². The van der Waals surface area contributed by atoms with Crippen molar-refractivity contribution in [2.45, 2.75) is 33.2 Å². The van der Waals surface area contributed by atoms with Gasteiger partial charge in [0.25, 0.3) is 5.91 Å². The number of aliphatic carboxylic acids is 1. The van der Waals surface area contributed by atoms with Gasteiger partial charge in [0.15, 0.2) is 0 Å². The lowest BCUT2D eigenvalue weighted by Crippen LogP contribution is -2.56. The van der Waals surface area contributed by atoms with Crippen molar-refractivity contribution in [2.75, 3.05) is 7.11 Å². The number of amides is 1. The van der Waals surface area contributed by atoms with Gasteiger partial charge in [0.1, 0.15) is 11.5 Å². The molecule has 1 aromatic rings. The van der Waals surface area contributed by atoms with Gasteiger partial charge in [-0.3, -0.25) is 9.59 Å². The SMILES string of the molecule is COc1ccc(C(=O)NC(C)(C)C(C)(C)C(=O)O)c(O)c1. The molecule has 0 radical (unpaired) electrons. The van der Waals surface area contributed by atoms with Gasteiger partial charge in [-0.05, 0) is 39.8 Å². The Hall–Kier alpha value is -2.24. The molecule has 3 N–H and O–H groups in total. The van der Waals surface area contributed by atoms with Crippen LogP contribution in [0.15, 0.2) is 18.2 Å². The summed E-state index contributed by atoms with van der Waals surface area (Å²) in [6.07, 6.45) is 0. The molecule has 0 aliphatic heterocycles. The van der Waals surface area contributed by atoms with E-state index in [0.717, 1.165) is 0 Å². The molecule has 0 bridgehead atoms. The summed E-state index contributed by atoms with van der Waals surface area (Å²) in [6, 6.07) is 4.29. The summed E-state index contributed by atoms with van der Waals surface area (Å²) in [6.45, 7) is 6.31. The molecule has 0 atom stereocenters. The second kappa shape index (κ2) is 5.63. The predicted octanol–water partition coefficient (Wildman–Crippen LogP) is 2.02. The number of phenols is 1. The van der Waals surface area contributed by atoms with Crippen LogP contribution < -0.4 is 10.1 Å². The summed E-state index contributed by atoms with van der Waals surface area (Å²) >= 11 is 0. The molecular weight excluding hydrogens is 274 g/mol. The maximum Gasteiger partial charge on any atom is 0.311 e. The van der Waals surface area contributed by atoms with Crippen LogP contribution in [-0.2, 0) is 4.79 Å². The number of rotatable bonds is 5. The fourth-order valence-electron chi connectivity index (χ4n) is 1.61. The van der Waals surface area contributed by atoms with E-state index in [0.29, 0.717) is 5.75 Å². The monoisotopic (exact) mass is 295 g/mol. The number of hydrogen-bond donors (Lipinski definition) is 3. The average molecular weight is 295 g/mol. The number of carboxylic acids is 1. The Morgan fingerprint density at radius 3 is 2.19 bits per heavy atom. The standard InChI is InChI=1S/C15H21NO5/c1-14(2,13(19)20)15(3,4)16-12(18)10-7-6-9(21-5)8-11(10)17/h6-8,17H,1-5H3,(H,16,18)(H,19,20). The summed E-state index contributed by atoms with van der Waals surface area (Å²) in [5.41, 5.74) is -2.13. The molecule has 0 saturated heterocycles. The predicted molar refractivity (Wildman–Crippen MR) is 77.6 cm³/mol. The Morgan fingerprint density at radius 2 is 1.76 bits per heavy atom. The number of phenolic OH excluding ortho intramolecular Hbond substituents is 1. The molecule has 0 heterocycles. The first-order chi connectivity index (χ1) is 9.52. The molecule has 116 valence electrons. The third-order valence-electron chi connectivity index (χ3n) is 3.97. The number of ether oxygens (including phenoxy) is 1. The lowest BCUT2D eigenvalue weighted by atomic mass is 9.74. The minimum Gasteiger partial charge on any atom is -0.507 e. The van der Waals surface area contributed by atoms with Gasteiger partial charge in [0, 0.05) is 6.07 Å². The van der Waals surface area contributed by atoms with E-state index in [2.05, 4.69) is 5.32 Å². The van der Waals surface area contributed by atoms with E-state index in [1.54, 1.807) is 19.9 Å². The van der Waals surface area contributed by atoms with Gasteiger partial charge in [-0.2, -0.15) is 0 Å². The first kappa shape index (κ1) is 16.8. The van der Waals surface area contributed by atoms with Gasteiger partial charge in [-0.1, -0.05) is 0 Å². The van der Waals surface area contributed by atoms with E-state index in [9.17, 15) is 19.8 Å². The van der Waals surface area contributed by atoms with Gasteiger partial charge in [-0.15, -0.1) is 0 Å². The number of carboxylic acid groups (broad SMARTS) is 1. The molecule has 21 heavy (non-hydrogen) atoms. The molecule has 1 amide bonds. The van der Waals surface area contributed by atoms with Crippen molar-refractivity contribution in [3.05, 3.63) is 23.8 Å². The number of nitrogens with one attached hydrogen (secondary N) is 1. The Labute approximate surface area is 123 Å². The molecule has 0 unspecified atom stereocenters. The highest BCUT2D eigenvalue weighted by atomic mass is 16.5. The lowest BCUT2D eigenvalue weighted by Gasteiger charge is -2.38. The minimum atomic E-state index is -1.18. The molecule has 0 aliphatic carbocycles. The molecule has 0 aromatic heterocycles. The zero-order valence-electron chi connectivity index (χ0n) is 12.9. The van der Waals surface area contributed by atoms with E-state index in [1.807, 2.05) is 0 Å². The maximum absolute atomic E-state index is 12.2. The minimum absolute atomic E-state index is 0.0602. The van der Waals surface area contributed by atoms with Gasteiger partial charge in [0.2, 0.25) is 0 Å². The van der Waals surface area contributed by atoms with Crippen LogP contribution >= 0.6 is 0 Å². The van der Waals surface area contributed by atoms with E-state index in [4.69, 9.17) is 4.74 Å². The Morgan fingerprint density at radius 1 is 1.19 bits per heavy atom. The number of aromatic hydroxyl groups is 1. The highest BCUT2D eigenvalue weighted by Crippen LogP contribution is 2.32. The smallest absolute Gasteiger partial charge is 0.311 e. The van der Waals surface area contributed by atoms with Crippen LogP contribution in [-0.4, -0.2) is 34.7 Å². The van der Waals surface area contributed by atoms with Crippen molar-refractivity contribution in [1.29, 1.82) is 0 Å². The summed E-state index contributed by atoms with van der Waals surface area (Å²) in [5.74, 6) is -1.37. The second-order valence-electron chi connectivity index (χ2n) is 5.89. The summed E-state index contributed by atoms with van der Waals surface area (Å²) in [5, 5.41) is 21.8. The van der Waals surface area contributed by atoms with Gasteiger partial charge in [0.05, 0.1) is 23.6 Å². The Balaban J connectivity index is 3.03. The molecule has 0 spiro atoms. The normalized spacial score (nSPS) is 11.9. The third-order valence-corrected chi connectivity index (χ3v) is 3.97. The maximum atomic E-state index is 12.2. The van der Waals surface area contributed by atoms with E-state index in [1.165, 1.54) is 33.1 Å². The fourth-order valence-corrected chi connectivity index (χ4v) is 1.61. The highest BCUT2D eigenvalue weighted by molar-refractivity contribution is 5.97. The summed E-state index contributed by atoms with van der Waals surface area (Å²) < 4.78 is 4.95. The van der Waals surface area contributed by atoms with Crippen LogP contribution in [0.2, 0.25) is 0 Å². The first-order valence-electron chi connectivity index (χ1n) is 6.46. The van der Waals surface area contributed by atoms with Crippen molar-refractivity contribution in [3.8, 4) is 11.5 Å². The van der Waals surface area contributed by atoms with Crippen LogP contribution in [0.3, 0.4) is 0 Å². The van der Waals surface area contributed by atoms with E-state index in [-0.39, 0.29) is 11.3 Å². The van der Waals surface area contributed by atoms with Gasteiger partial charge >= 0.3 is 5.97 Å². The zero-order chi connectivity index (χ0) is 16.4. The van der Waals surface area contributed by atoms with E-state index >= 15 is 0 Å². The molecule has 0 saturated carbocycles. The number of methoxy groups -OCH3 is 1. The van der Waals surface area contributed by atoms with E-state index < -0.39 is 22.8 Å². The number of hydrogen-bond acceptors (Lipinski definition) is 4. The number of carbonyl (C=O) groups is 2. The van der Waals surface area contributed by atoms with Crippen LogP contribution in [0.1, 0.15) is 38.1 Å². The van der Waals surface area contributed by atoms with Crippen molar-refractivity contribution in [2.24, 2.45) is 5.41 Å². The molecule has 1 rings (SSSR count). The fraction of sp³-hybridized carbons (Fsp3) is 0.467. The van der Waals surface area contributed by atoms with Gasteiger partial charge in [-0.25, -0.2) is 0 Å². The Kier molecular flexibility index (Phi) is 4.51. The zero-order valence-corrected chi connectivity index (χ0v) is 12.9. The topological polar surface area (TPSA) is 95.9 Å². The first-order valence-corrected chi connectivity index (χ1v) is 6.46. The molecule has 6 nitrogen and oxygen atoms in total. The number of carbonyl (C=O) groups excluding carboxylic acids is 1. The molecule has 0 aliphatic rings.